The van der Waals surface area contributed by atoms with E-state index >= 15 is 0 Å². The molecule has 50 heavy (non-hydrogen) atoms. The number of primary amides is 1. The van der Waals surface area contributed by atoms with Gasteiger partial charge in [0.05, 0.1) is 31.8 Å². The Morgan fingerprint density at radius 2 is 1.48 bits per heavy atom. The lowest BCUT2D eigenvalue weighted by atomic mass is 9.93. The largest absolute Gasteiger partial charge is 0.394 e. The number of nitrogens with one attached hydrogen (secondary N) is 2. The smallest absolute Gasteiger partial charge is 0.228 e. The van der Waals surface area contributed by atoms with Crippen LogP contribution < -0.4 is 16.4 Å². The predicted octanol–water partition coefficient (Wildman–Crippen LogP) is -5.07. The molecule has 0 spiro atoms. The van der Waals surface area contributed by atoms with E-state index in [0.29, 0.717) is 11.3 Å². The van der Waals surface area contributed by atoms with E-state index in [1.54, 1.807) is 12.1 Å². The molecule has 0 aliphatic carbocycles. The van der Waals surface area contributed by atoms with Crippen LogP contribution in [0.3, 0.4) is 0 Å². The van der Waals surface area contributed by atoms with Gasteiger partial charge in [-0.3, -0.25) is 24.0 Å². The number of ketones is 2. The SMILES string of the molecule is CC(CC(=O)[C@H](O)[C@H](O)[C@@H](O[C@@H]1O[C@H](CO)[C@H](O)[C@H](O)[C@H]1O)[C@H](O)CO)C(=O)NC(C)C(=O)CC(CC(N)=O)C(=O)Nc1ccc(CO)cc1. The van der Waals surface area contributed by atoms with Gasteiger partial charge in [-0.2, -0.15) is 0 Å². The first kappa shape index (κ1) is 42.7. The van der Waals surface area contributed by atoms with E-state index in [1.807, 2.05) is 0 Å². The Kier molecular flexibility index (Phi) is 16.9. The molecule has 1 fully saturated rings. The van der Waals surface area contributed by atoms with Crippen molar-refractivity contribution in [3.05, 3.63) is 29.8 Å². The molecule has 2 rings (SSSR count). The molecule has 3 unspecified atom stereocenters. The van der Waals surface area contributed by atoms with Gasteiger partial charge >= 0.3 is 0 Å². The molecule has 1 saturated heterocycles. The number of rotatable bonds is 20. The summed E-state index contributed by atoms with van der Waals surface area (Å²) >= 11 is 0. The van der Waals surface area contributed by atoms with Gasteiger partial charge in [-0.25, -0.2) is 0 Å². The summed E-state index contributed by atoms with van der Waals surface area (Å²) in [6.45, 7) is 0.433. The third kappa shape index (κ3) is 11.8. The Bertz CT molecular complexity index is 1300. The zero-order valence-electron chi connectivity index (χ0n) is 27.4. The molecule has 19 heteroatoms. The van der Waals surface area contributed by atoms with Crippen molar-refractivity contribution < 1.29 is 79.4 Å². The van der Waals surface area contributed by atoms with Crippen molar-refractivity contribution in [1.82, 2.24) is 5.32 Å². The summed E-state index contributed by atoms with van der Waals surface area (Å²) in [5.41, 5.74) is 6.19. The summed E-state index contributed by atoms with van der Waals surface area (Å²) in [6, 6.07) is 4.93. The number of benzene rings is 1. The summed E-state index contributed by atoms with van der Waals surface area (Å²) in [6.07, 6.45) is -19.4. The van der Waals surface area contributed by atoms with Crippen molar-refractivity contribution in [1.29, 1.82) is 0 Å². The van der Waals surface area contributed by atoms with Crippen LogP contribution in [0.15, 0.2) is 24.3 Å². The molecule has 1 aromatic rings. The maximum absolute atomic E-state index is 12.9. The number of carbonyl (C=O) groups is 5. The summed E-state index contributed by atoms with van der Waals surface area (Å²) in [4.78, 5) is 63.1. The quantitative estimate of drug-likeness (QED) is 0.0600. The second-order valence-corrected chi connectivity index (χ2v) is 12.2. The number of nitrogens with two attached hydrogens (primary N) is 1. The molecule has 282 valence electrons. The van der Waals surface area contributed by atoms with Crippen LogP contribution in [-0.4, -0.2) is 150 Å². The number of hydrogen-bond acceptors (Lipinski definition) is 16. The minimum absolute atomic E-state index is 0.218. The first-order valence-corrected chi connectivity index (χ1v) is 15.7. The van der Waals surface area contributed by atoms with Crippen molar-refractivity contribution in [3.63, 3.8) is 0 Å². The van der Waals surface area contributed by atoms with Gasteiger partial charge in [0.2, 0.25) is 17.7 Å². The molecule has 0 bridgehead atoms. The summed E-state index contributed by atoms with van der Waals surface area (Å²) in [5.74, 6) is -6.60. The average Bonchev–Trinajstić information content (AvgIpc) is 3.08. The van der Waals surface area contributed by atoms with Crippen molar-refractivity contribution in [3.8, 4) is 0 Å². The van der Waals surface area contributed by atoms with Crippen molar-refractivity contribution >= 4 is 35.0 Å². The maximum Gasteiger partial charge on any atom is 0.228 e. The van der Waals surface area contributed by atoms with Crippen LogP contribution in [0.5, 0.6) is 0 Å². The predicted molar refractivity (Wildman–Crippen MR) is 168 cm³/mol. The number of Topliss-reactive ketones (excluding diaryl/α,β-unsaturated/α-hetero) is 2. The standard InChI is InChI=1S/C31H47N3O16/c1-13(7-19(39)23(42)26(45)28(20(40)11-36)50-31-27(46)25(44)24(43)21(12-37)49-31)29(47)33-14(2)18(38)8-16(9-22(32)41)30(48)34-17-5-3-15(10-35)4-6-17/h3-6,13-14,16,20-21,23-28,31,35-37,40,42-46H,7-12H2,1-2H3,(H2,32,41)(H,33,47)(H,34,48)/t13?,14?,16?,20-,21-,23+,24+,25+,26+,27-,28+,31+/m1/s1. The van der Waals surface area contributed by atoms with Crippen LogP contribution in [-0.2, 0) is 40.1 Å². The zero-order valence-corrected chi connectivity index (χ0v) is 27.4. The second-order valence-electron chi connectivity index (χ2n) is 12.2. The molecule has 1 heterocycles. The van der Waals surface area contributed by atoms with Gasteiger partial charge in [0.25, 0.3) is 0 Å². The first-order valence-electron chi connectivity index (χ1n) is 15.7. The van der Waals surface area contributed by atoms with Crippen LogP contribution in [0.1, 0.15) is 38.7 Å². The number of anilines is 1. The second kappa shape index (κ2) is 19.8. The summed E-state index contributed by atoms with van der Waals surface area (Å²) in [5, 5.41) is 94.5. The number of ether oxygens (including phenoxy) is 2. The molecule has 13 N–H and O–H groups in total. The number of amides is 3. The van der Waals surface area contributed by atoms with Gasteiger partial charge < -0.3 is 71.8 Å². The van der Waals surface area contributed by atoms with Crippen LogP contribution in [0, 0.1) is 11.8 Å². The highest BCUT2D eigenvalue weighted by Gasteiger charge is 2.47. The van der Waals surface area contributed by atoms with E-state index in [0.717, 1.165) is 0 Å². The Morgan fingerprint density at radius 3 is 2.02 bits per heavy atom. The molecule has 1 aliphatic heterocycles. The van der Waals surface area contributed by atoms with Crippen molar-refractivity contribution in [2.75, 3.05) is 18.5 Å². The van der Waals surface area contributed by atoms with Crippen LogP contribution in [0.25, 0.3) is 0 Å². The zero-order chi connectivity index (χ0) is 37.9. The van der Waals surface area contributed by atoms with E-state index in [2.05, 4.69) is 10.6 Å². The van der Waals surface area contributed by atoms with E-state index in [4.69, 9.17) is 15.2 Å². The third-order valence-electron chi connectivity index (χ3n) is 8.16. The van der Waals surface area contributed by atoms with E-state index < -0.39 is 135 Å². The van der Waals surface area contributed by atoms with E-state index in [1.165, 1.54) is 26.0 Å². The molecule has 0 aromatic heterocycles. The molecule has 1 aliphatic rings. The monoisotopic (exact) mass is 717 g/mol. The summed E-state index contributed by atoms with van der Waals surface area (Å²) < 4.78 is 10.4. The molecular formula is C31H47N3O16. The van der Waals surface area contributed by atoms with Gasteiger partial charge in [-0.1, -0.05) is 19.1 Å². The first-order chi connectivity index (χ1) is 23.4. The number of hydrogen-bond donors (Lipinski definition) is 12. The minimum atomic E-state index is -2.34. The Balaban J connectivity index is 2.01. The van der Waals surface area contributed by atoms with Crippen LogP contribution >= 0.6 is 0 Å². The third-order valence-corrected chi connectivity index (χ3v) is 8.16. The summed E-state index contributed by atoms with van der Waals surface area (Å²) in [7, 11) is 0. The van der Waals surface area contributed by atoms with Crippen molar-refractivity contribution in [2.45, 2.75) is 101 Å². The molecule has 0 radical (unpaired) electrons. The fraction of sp³-hybridized carbons (Fsp3) is 0.645. The van der Waals surface area contributed by atoms with E-state index in [9.17, 15) is 69.9 Å². The van der Waals surface area contributed by atoms with Gasteiger partial charge in [0, 0.05) is 30.9 Å². The fourth-order valence-corrected chi connectivity index (χ4v) is 5.02. The van der Waals surface area contributed by atoms with E-state index in [-0.39, 0.29) is 6.61 Å². The fourth-order valence-electron chi connectivity index (χ4n) is 5.02. The highest BCUT2D eigenvalue weighted by atomic mass is 16.7. The Hall–Kier alpha value is -3.47. The normalized spacial score (nSPS) is 24.9. The van der Waals surface area contributed by atoms with Gasteiger partial charge in [0.1, 0.15) is 48.8 Å². The topological polar surface area (TPSA) is 336 Å². The van der Waals surface area contributed by atoms with Crippen molar-refractivity contribution in [2.24, 2.45) is 17.6 Å². The highest BCUT2D eigenvalue weighted by molar-refractivity contribution is 5.99. The lowest BCUT2D eigenvalue weighted by molar-refractivity contribution is -0.326. The molecule has 19 nitrogen and oxygen atoms in total. The average molecular weight is 718 g/mol. The maximum atomic E-state index is 12.9. The Labute approximate surface area is 286 Å². The molecular weight excluding hydrogens is 670 g/mol. The lowest BCUT2D eigenvalue weighted by Crippen LogP contribution is -2.61. The molecule has 3 amide bonds. The van der Waals surface area contributed by atoms with Gasteiger partial charge in [0.15, 0.2) is 17.9 Å². The number of aliphatic hydroxyl groups excluding tert-OH is 9. The van der Waals surface area contributed by atoms with Gasteiger partial charge in [-0.05, 0) is 24.6 Å². The molecule has 12 atom stereocenters. The number of carbonyl (C=O) groups excluding carboxylic acids is 5. The number of aliphatic hydroxyl groups is 9. The minimum Gasteiger partial charge on any atom is -0.394 e. The highest BCUT2D eigenvalue weighted by Crippen LogP contribution is 2.25. The lowest BCUT2D eigenvalue weighted by Gasteiger charge is -2.42. The van der Waals surface area contributed by atoms with Crippen LogP contribution in [0.2, 0.25) is 0 Å². The Morgan fingerprint density at radius 1 is 0.860 bits per heavy atom. The van der Waals surface area contributed by atoms with Crippen LogP contribution in [0.4, 0.5) is 5.69 Å². The molecule has 1 aromatic carbocycles. The van der Waals surface area contributed by atoms with Gasteiger partial charge in [-0.15, -0.1) is 0 Å². The molecule has 0 saturated carbocycles.